The van der Waals surface area contributed by atoms with Crippen molar-refractivity contribution in [3.63, 3.8) is 0 Å². The van der Waals surface area contributed by atoms with Gasteiger partial charge >= 0.3 is 5.97 Å². The van der Waals surface area contributed by atoms with E-state index in [0.29, 0.717) is 11.7 Å². The maximum atomic E-state index is 11.6. The highest BCUT2D eigenvalue weighted by Crippen LogP contribution is 2.47. The Hall–Kier alpha value is -1.56. The van der Waals surface area contributed by atoms with Gasteiger partial charge in [-0.3, -0.25) is 4.79 Å². The van der Waals surface area contributed by atoms with Crippen LogP contribution in [-0.4, -0.2) is 32.9 Å². The second kappa shape index (κ2) is 5.44. The molecule has 1 aromatic carbocycles. The number of methoxy groups -OCH3 is 1. The topological polar surface area (TPSA) is 80.7 Å². The van der Waals surface area contributed by atoms with Crippen molar-refractivity contribution in [3.8, 4) is 5.75 Å². The van der Waals surface area contributed by atoms with E-state index in [0.717, 1.165) is 24.7 Å². The van der Waals surface area contributed by atoms with Gasteiger partial charge in [-0.15, -0.1) is 0 Å². The van der Waals surface area contributed by atoms with Gasteiger partial charge in [0.2, 0.25) is 0 Å². The fourth-order valence-corrected chi connectivity index (χ4v) is 3.08. The predicted octanol–water partition coefficient (Wildman–Crippen LogP) is 2.07. The molecule has 2 rings (SSSR count). The van der Waals surface area contributed by atoms with Crippen molar-refractivity contribution in [1.29, 1.82) is 0 Å². The van der Waals surface area contributed by atoms with Crippen molar-refractivity contribution in [2.24, 2.45) is 5.92 Å². The molecule has 1 fully saturated rings. The zero-order valence-corrected chi connectivity index (χ0v) is 12.3. The van der Waals surface area contributed by atoms with Crippen molar-refractivity contribution >= 4 is 15.8 Å². The molecule has 1 unspecified atom stereocenters. The lowest BCUT2D eigenvalue weighted by molar-refractivity contribution is -0.137. The third-order valence-electron chi connectivity index (χ3n) is 3.62. The summed E-state index contributed by atoms with van der Waals surface area (Å²) >= 11 is 0. The van der Waals surface area contributed by atoms with Crippen LogP contribution in [-0.2, 0) is 14.6 Å². The summed E-state index contributed by atoms with van der Waals surface area (Å²) in [6, 6.07) is 4.67. The second-order valence-electron chi connectivity index (χ2n) is 5.22. The quantitative estimate of drug-likeness (QED) is 0.869. The summed E-state index contributed by atoms with van der Waals surface area (Å²) < 4.78 is 28.4. The Morgan fingerprint density at radius 2 is 2.10 bits per heavy atom. The van der Waals surface area contributed by atoms with Crippen LogP contribution in [0.25, 0.3) is 0 Å². The molecule has 1 aliphatic carbocycles. The van der Waals surface area contributed by atoms with Crippen LogP contribution in [0.4, 0.5) is 0 Å². The van der Waals surface area contributed by atoms with Crippen molar-refractivity contribution in [3.05, 3.63) is 23.8 Å². The molecule has 1 atom stereocenters. The first-order valence-electron chi connectivity index (χ1n) is 6.42. The molecule has 0 heterocycles. The third-order valence-corrected chi connectivity index (χ3v) is 4.73. The van der Waals surface area contributed by atoms with Crippen LogP contribution < -0.4 is 4.74 Å². The number of hydrogen-bond donors (Lipinski definition) is 1. The lowest BCUT2D eigenvalue weighted by Gasteiger charge is -2.18. The summed E-state index contributed by atoms with van der Waals surface area (Å²) in [7, 11) is -1.83. The molecule has 6 heteroatoms. The van der Waals surface area contributed by atoms with Crippen LogP contribution in [0.3, 0.4) is 0 Å². The Balaban J connectivity index is 2.41. The molecule has 0 bridgehead atoms. The molecular weight excluding hydrogens is 280 g/mol. The second-order valence-corrected chi connectivity index (χ2v) is 7.23. The van der Waals surface area contributed by atoms with E-state index in [4.69, 9.17) is 9.84 Å². The Bertz CT molecular complexity index is 616. The van der Waals surface area contributed by atoms with Crippen molar-refractivity contribution in [2.45, 2.75) is 30.1 Å². The summed E-state index contributed by atoms with van der Waals surface area (Å²) in [4.78, 5) is 11.2. The minimum Gasteiger partial charge on any atom is -0.496 e. The summed E-state index contributed by atoms with van der Waals surface area (Å²) in [5.41, 5.74) is 0.782. The highest BCUT2D eigenvalue weighted by Gasteiger charge is 2.35. The van der Waals surface area contributed by atoms with Gasteiger partial charge < -0.3 is 9.84 Å². The lowest BCUT2D eigenvalue weighted by Crippen LogP contribution is -2.10. The average Bonchev–Trinajstić information content (AvgIpc) is 3.18. The maximum Gasteiger partial charge on any atom is 0.303 e. The highest BCUT2D eigenvalue weighted by atomic mass is 32.2. The Kier molecular flexibility index (Phi) is 4.04. The summed E-state index contributed by atoms with van der Waals surface area (Å²) in [5, 5.41) is 9.03. The molecule has 20 heavy (non-hydrogen) atoms. The number of aliphatic carboxylic acids is 1. The van der Waals surface area contributed by atoms with Gasteiger partial charge in [0.1, 0.15) is 5.75 Å². The number of carbonyl (C=O) groups is 1. The van der Waals surface area contributed by atoms with Gasteiger partial charge in [0.25, 0.3) is 0 Å². The highest BCUT2D eigenvalue weighted by molar-refractivity contribution is 7.90. The molecule has 0 amide bonds. The van der Waals surface area contributed by atoms with Crippen molar-refractivity contribution in [2.75, 3.05) is 13.4 Å². The monoisotopic (exact) mass is 298 g/mol. The Morgan fingerprint density at radius 1 is 1.45 bits per heavy atom. The Labute approximate surface area is 118 Å². The van der Waals surface area contributed by atoms with Crippen LogP contribution in [0.5, 0.6) is 5.75 Å². The first-order chi connectivity index (χ1) is 9.32. The SMILES string of the molecule is COc1cc(S(C)(=O)=O)ccc1C(CC(=O)O)C1CC1. The first-order valence-corrected chi connectivity index (χ1v) is 8.32. The number of ether oxygens (including phenoxy) is 1. The average molecular weight is 298 g/mol. The number of carboxylic acid groups (broad SMARTS) is 1. The van der Waals surface area contributed by atoms with Gasteiger partial charge in [0.15, 0.2) is 9.84 Å². The number of rotatable bonds is 6. The number of hydrogen-bond acceptors (Lipinski definition) is 4. The number of sulfone groups is 1. The molecule has 0 spiro atoms. The summed E-state index contributed by atoms with van der Waals surface area (Å²) in [6.45, 7) is 0. The summed E-state index contributed by atoms with van der Waals surface area (Å²) in [5.74, 6) is -0.164. The van der Waals surface area contributed by atoms with E-state index in [1.807, 2.05) is 0 Å². The van der Waals surface area contributed by atoms with E-state index in [-0.39, 0.29) is 17.2 Å². The van der Waals surface area contributed by atoms with Gasteiger partial charge in [-0.25, -0.2) is 8.42 Å². The minimum atomic E-state index is -3.30. The molecule has 0 radical (unpaired) electrons. The Morgan fingerprint density at radius 3 is 2.55 bits per heavy atom. The molecule has 1 aliphatic rings. The molecule has 1 saturated carbocycles. The van der Waals surface area contributed by atoms with Crippen molar-refractivity contribution in [1.82, 2.24) is 0 Å². The van der Waals surface area contributed by atoms with Gasteiger partial charge in [-0.05, 0) is 36.5 Å². The zero-order valence-electron chi connectivity index (χ0n) is 11.5. The minimum absolute atomic E-state index is 0.0409. The smallest absolute Gasteiger partial charge is 0.303 e. The predicted molar refractivity (Wildman–Crippen MR) is 73.8 cm³/mol. The normalized spacial score (nSPS) is 16.7. The van der Waals surface area contributed by atoms with Crippen LogP contribution >= 0.6 is 0 Å². The largest absolute Gasteiger partial charge is 0.496 e. The standard InChI is InChI=1S/C14H18O5S/c1-19-13-7-10(20(2,17)18)5-6-11(13)12(8-14(15)16)9-3-4-9/h5-7,9,12H,3-4,8H2,1-2H3,(H,15,16). The third kappa shape index (κ3) is 3.30. The maximum absolute atomic E-state index is 11.6. The van der Waals surface area contributed by atoms with Crippen LogP contribution in [0, 0.1) is 5.92 Å². The molecule has 0 aliphatic heterocycles. The van der Waals surface area contributed by atoms with E-state index in [9.17, 15) is 13.2 Å². The first kappa shape index (κ1) is 14.8. The summed E-state index contributed by atoms with van der Waals surface area (Å²) in [6.07, 6.45) is 3.19. The molecular formula is C14H18O5S. The molecule has 110 valence electrons. The van der Waals surface area contributed by atoms with Gasteiger partial charge in [-0.2, -0.15) is 0 Å². The van der Waals surface area contributed by atoms with Crippen LogP contribution in [0.15, 0.2) is 23.1 Å². The van der Waals surface area contributed by atoms with E-state index in [1.165, 1.54) is 19.2 Å². The fraction of sp³-hybridized carbons (Fsp3) is 0.500. The van der Waals surface area contributed by atoms with E-state index >= 15 is 0 Å². The molecule has 0 saturated heterocycles. The van der Waals surface area contributed by atoms with Gasteiger partial charge in [0, 0.05) is 12.2 Å². The number of benzene rings is 1. The van der Waals surface area contributed by atoms with Crippen molar-refractivity contribution < 1.29 is 23.1 Å². The number of carboxylic acids is 1. The molecule has 0 aromatic heterocycles. The van der Waals surface area contributed by atoms with Crippen LogP contribution in [0.2, 0.25) is 0 Å². The van der Waals surface area contributed by atoms with Gasteiger partial charge in [-0.1, -0.05) is 6.07 Å². The van der Waals surface area contributed by atoms with Gasteiger partial charge in [0.05, 0.1) is 18.4 Å². The lowest BCUT2D eigenvalue weighted by atomic mass is 9.90. The molecule has 1 N–H and O–H groups in total. The molecule has 1 aromatic rings. The van der Waals surface area contributed by atoms with E-state index < -0.39 is 15.8 Å². The van der Waals surface area contributed by atoms with Crippen LogP contribution in [0.1, 0.15) is 30.7 Å². The van der Waals surface area contributed by atoms with E-state index in [1.54, 1.807) is 6.07 Å². The van der Waals surface area contributed by atoms with E-state index in [2.05, 4.69) is 0 Å². The fourth-order valence-electron chi connectivity index (χ4n) is 2.45. The zero-order chi connectivity index (χ0) is 14.9. The molecule has 5 nitrogen and oxygen atoms in total.